The van der Waals surface area contributed by atoms with E-state index in [9.17, 15) is 39.0 Å². The Morgan fingerprint density at radius 1 is 0.588 bits per heavy atom. The predicted octanol–water partition coefficient (Wildman–Crippen LogP) is -0.630. The number of carbonyl (C=O) groups excluding carboxylic acids is 13. The number of para-hydroxylation sites is 1. The average molecular weight is 1690 g/mol. The Hall–Kier alpha value is -12.7. The first kappa shape index (κ1) is 88.7. The summed E-state index contributed by atoms with van der Waals surface area (Å²) >= 11 is 0.921. The molecular weight excluding hydrogens is 1590 g/mol. The van der Waals surface area contributed by atoms with Crippen LogP contribution in [0.1, 0.15) is 59.7 Å². The second kappa shape index (κ2) is 43.0. The molecule has 3 aliphatic heterocycles. The van der Waals surface area contributed by atoms with E-state index in [1.165, 1.54) is 60.7 Å². The number of nitrogens with zero attached hydrogens (tertiary/aromatic N) is 2. The molecule has 3 fully saturated rings. The number of aromatic hydroxyl groups is 2. The fourth-order valence-corrected chi connectivity index (χ4v) is 16.8. The number of nitrogens with one attached hydrogen (secondary N) is 14. The second-order valence-electron chi connectivity index (χ2n) is 28.8. The number of phenols is 2. The molecule has 11 rings (SSSR count). The van der Waals surface area contributed by atoms with Gasteiger partial charge in [0.05, 0.1) is 30.2 Å². The molecule has 0 spiro atoms. The molecule has 38 heteroatoms. The third kappa shape index (κ3) is 26.2. The number of aromatic nitrogens is 3. The number of thioether (sulfide) groups is 1. The van der Waals surface area contributed by atoms with Gasteiger partial charge in [0.1, 0.15) is 71.9 Å². The minimum Gasteiger partial charge on any atom is -0.508 e. The fraction of sp³-hybridized carbons (Fsp3) is 0.346. The Labute approximate surface area is 695 Å². The van der Waals surface area contributed by atoms with Crippen LogP contribution in [-0.2, 0) is 101 Å². The molecule has 6 aromatic carbocycles. The minimum absolute atomic E-state index is 0.0411. The van der Waals surface area contributed by atoms with Crippen LogP contribution < -0.4 is 81.4 Å². The standard InChI is InChI=1S/C81H96N20O15S3/c1-44-71(107)94-60(31-45-11-3-2-4-12-45)74(110)100-66(78(114)93-59(70(84)106)30-47-22-26-54(103)27-23-47)41-119-118-40-65(98-72(108)57(82)29-46-20-24-53(102)25-21-46)79(115)96-62(34-52-37-87-43-90-52)76(112)95-61(32-49-15-9-14-48-13-5-6-17-55(48)49)75(111)99-64-39-117-42-69(105)101(38-51(92-77(64)113)16-10-28-88-81(85)86)67(33-50-36-89-58-19-8-7-18-56(50)58)80(116)97-63(35-68(83)104)73(109)91-44/h2-9,11-15,17-27,36-37,43-44,51,57,59-67,89,102-103H,10,16,28-35,38-42,82H2,1H3,(H2,83,104)(H2,84,106)(H,87,90)(H,91,109)(H,92,113)(H,93,114)(H,94,107)(H,95,112)(H,96,115)(H,97,116)(H,98,108)(H,99,111)(H,100,110)(H4,85,86,88)/t44-,51-,57-,59-,60?,61+,62-,63-,64+,65?,66-,67?/m0/s1. The maximum atomic E-state index is 15.5. The lowest BCUT2D eigenvalue weighted by molar-refractivity contribution is -0.141. The molecule has 12 atom stereocenters. The average Bonchev–Trinajstić information content (AvgIpc) is 1.78. The number of guanidine groups is 1. The highest BCUT2D eigenvalue weighted by Gasteiger charge is 2.40. The SMILES string of the molecule is C[C@@H]1NC(=O)[C@H](CC(N)=O)NC(=O)C(Cc2c[nH]c3ccccc23)N2C[C@H](CCCNC(=N)N)NC(=O)[C@@H](CSCC2=O)NC(=O)[C@@H](Cc2cccc3ccccc23)NC(=O)[C@H](Cc2c[nH]cn2)NC(=O)C(NC(=O)[C@@H](N)Cc2ccc(O)cc2)CSSC[C@@H](C(=O)N[C@@H](Cc2ccc(O)cc2)C(N)=O)NC(=O)C(Cc2ccccc2)NC1=O. The quantitative estimate of drug-likeness (QED) is 0.0125. The van der Waals surface area contributed by atoms with Gasteiger partial charge in [-0.2, -0.15) is 0 Å². The van der Waals surface area contributed by atoms with Crippen LogP contribution in [-0.4, -0.2) is 221 Å². The molecule has 3 saturated heterocycles. The normalized spacial score (nSPS) is 21.9. The highest BCUT2D eigenvalue weighted by atomic mass is 33.1. The van der Waals surface area contributed by atoms with Crippen molar-refractivity contribution in [2.75, 3.05) is 36.1 Å². The van der Waals surface area contributed by atoms with Crippen molar-refractivity contribution >= 4 is 138 Å². The molecule has 0 aliphatic carbocycles. The summed E-state index contributed by atoms with van der Waals surface area (Å²) in [5, 5.41) is 60.1. The number of imidazole rings is 1. The van der Waals surface area contributed by atoms with E-state index in [0.29, 0.717) is 44.1 Å². The Balaban J connectivity index is 1.06. The minimum atomic E-state index is -1.85. The molecule has 5 heterocycles. The second-order valence-corrected chi connectivity index (χ2v) is 32.4. The third-order valence-corrected chi connectivity index (χ3v) is 23.3. The van der Waals surface area contributed by atoms with Crippen LogP contribution >= 0.6 is 33.3 Å². The molecule has 0 saturated carbocycles. The van der Waals surface area contributed by atoms with Crippen molar-refractivity contribution in [3.63, 3.8) is 0 Å². The van der Waals surface area contributed by atoms with Gasteiger partial charge in [-0.15, -0.1) is 11.8 Å². The van der Waals surface area contributed by atoms with Crippen LogP contribution in [0.15, 0.2) is 164 Å². The highest BCUT2D eigenvalue weighted by Crippen LogP contribution is 2.27. The number of nitrogens with two attached hydrogens (primary N) is 4. The maximum absolute atomic E-state index is 15.5. The summed E-state index contributed by atoms with van der Waals surface area (Å²) < 4.78 is 0. The fourth-order valence-electron chi connectivity index (χ4n) is 13.5. The molecule has 3 aliphatic rings. The van der Waals surface area contributed by atoms with Crippen molar-refractivity contribution in [2.45, 2.75) is 137 Å². The molecule has 3 unspecified atom stereocenters. The zero-order valence-electron chi connectivity index (χ0n) is 64.8. The highest BCUT2D eigenvalue weighted by molar-refractivity contribution is 8.76. The summed E-state index contributed by atoms with van der Waals surface area (Å²) in [6, 6.07) is 21.4. The van der Waals surface area contributed by atoms with Crippen molar-refractivity contribution in [3.8, 4) is 11.5 Å². The van der Waals surface area contributed by atoms with Crippen molar-refractivity contribution in [2.24, 2.45) is 22.9 Å². The Morgan fingerprint density at radius 2 is 1.20 bits per heavy atom. The summed E-state index contributed by atoms with van der Waals surface area (Å²) in [4.78, 5) is 204. The van der Waals surface area contributed by atoms with E-state index < -0.39 is 174 Å². The van der Waals surface area contributed by atoms with Crippen molar-refractivity contribution in [3.05, 3.63) is 198 Å². The number of benzene rings is 6. The van der Waals surface area contributed by atoms with E-state index in [0.717, 1.165) is 38.7 Å². The number of hydrogen-bond donors (Lipinski definition) is 20. The van der Waals surface area contributed by atoms with Crippen LogP contribution in [0.3, 0.4) is 0 Å². The predicted molar refractivity (Wildman–Crippen MR) is 449 cm³/mol. The number of carbonyl (C=O) groups is 13. The molecule has 119 heavy (non-hydrogen) atoms. The molecule has 628 valence electrons. The van der Waals surface area contributed by atoms with Crippen LogP contribution in [0.5, 0.6) is 11.5 Å². The van der Waals surface area contributed by atoms with Gasteiger partial charge < -0.3 is 107 Å². The number of fused-ring (bicyclic) bond motifs is 33. The van der Waals surface area contributed by atoms with Gasteiger partial charge in [0, 0.05) is 91.8 Å². The summed E-state index contributed by atoms with van der Waals surface area (Å²) in [6.07, 6.45) is 2.46. The van der Waals surface area contributed by atoms with E-state index in [1.54, 1.807) is 91.1 Å². The third-order valence-electron chi connectivity index (χ3n) is 19.9. The molecule has 2 bridgehead atoms. The molecule has 24 N–H and O–H groups in total. The first-order chi connectivity index (χ1) is 57.1. The Kier molecular flexibility index (Phi) is 32.0. The van der Waals surface area contributed by atoms with Gasteiger partial charge in [-0.3, -0.25) is 67.7 Å². The number of phenolic OH excluding ortho intramolecular Hbond substituents is 2. The lowest BCUT2D eigenvalue weighted by atomic mass is 9.97. The van der Waals surface area contributed by atoms with Crippen LogP contribution in [0.25, 0.3) is 21.7 Å². The van der Waals surface area contributed by atoms with Crippen molar-refractivity contribution < 1.29 is 72.5 Å². The molecule has 2 aromatic heterocycles. The monoisotopic (exact) mass is 1680 g/mol. The van der Waals surface area contributed by atoms with Gasteiger partial charge in [-0.25, -0.2) is 4.98 Å². The van der Waals surface area contributed by atoms with Crippen molar-refractivity contribution in [1.82, 2.24) is 78.3 Å². The summed E-state index contributed by atoms with van der Waals surface area (Å²) in [5.41, 5.74) is 27.4. The zero-order chi connectivity index (χ0) is 85.2. The van der Waals surface area contributed by atoms with Crippen LogP contribution in [0, 0.1) is 5.41 Å². The van der Waals surface area contributed by atoms with E-state index in [1.807, 2.05) is 24.3 Å². The van der Waals surface area contributed by atoms with Crippen LogP contribution in [0.4, 0.5) is 0 Å². The molecule has 13 amide bonds. The van der Waals surface area contributed by atoms with Crippen molar-refractivity contribution in [1.29, 1.82) is 5.41 Å². The zero-order valence-corrected chi connectivity index (χ0v) is 67.2. The van der Waals surface area contributed by atoms with E-state index in [4.69, 9.17) is 28.3 Å². The van der Waals surface area contributed by atoms with E-state index in [2.05, 4.69) is 73.4 Å². The number of H-pyrrole nitrogens is 2. The van der Waals surface area contributed by atoms with Crippen LogP contribution in [0.2, 0.25) is 0 Å². The summed E-state index contributed by atoms with van der Waals surface area (Å²) in [6.45, 7) is 0.932. The Bertz CT molecular complexity index is 4950. The lowest BCUT2D eigenvalue weighted by Gasteiger charge is -2.36. The smallest absolute Gasteiger partial charge is 0.244 e. The maximum Gasteiger partial charge on any atom is 0.244 e. The topological polar surface area (TPSA) is 570 Å². The lowest BCUT2D eigenvalue weighted by Crippen LogP contribution is -2.62. The van der Waals surface area contributed by atoms with Gasteiger partial charge in [0.2, 0.25) is 76.8 Å². The number of rotatable bonds is 23. The number of primary amides is 2. The number of amides is 13. The van der Waals surface area contributed by atoms with Gasteiger partial charge in [0.25, 0.3) is 0 Å². The first-order valence-corrected chi connectivity index (χ1v) is 41.9. The van der Waals surface area contributed by atoms with E-state index >= 15 is 33.6 Å². The van der Waals surface area contributed by atoms with Gasteiger partial charge in [0.15, 0.2) is 5.96 Å². The first-order valence-electron chi connectivity index (χ1n) is 38.3. The Morgan fingerprint density at radius 3 is 1.90 bits per heavy atom. The molecular formula is C81H96N20O15S3. The summed E-state index contributed by atoms with van der Waals surface area (Å²) in [5.74, 6) is -14.3. The molecule has 35 nitrogen and oxygen atoms in total. The summed E-state index contributed by atoms with van der Waals surface area (Å²) in [7, 11) is 1.79. The van der Waals surface area contributed by atoms with E-state index in [-0.39, 0.29) is 92.6 Å². The molecule has 0 radical (unpaired) electrons. The van der Waals surface area contributed by atoms with Gasteiger partial charge in [-0.05, 0) is 95.1 Å². The number of aromatic amines is 2. The number of hydrogen-bond acceptors (Lipinski definition) is 21. The van der Waals surface area contributed by atoms with Gasteiger partial charge >= 0.3 is 0 Å². The van der Waals surface area contributed by atoms with Gasteiger partial charge in [-0.1, -0.05) is 137 Å². The largest absolute Gasteiger partial charge is 0.508 e. The molecule has 8 aromatic rings.